The fourth-order valence-corrected chi connectivity index (χ4v) is 2.48. The van der Waals surface area contributed by atoms with Crippen molar-refractivity contribution in [2.24, 2.45) is 0 Å². The second-order valence-electron chi connectivity index (χ2n) is 5.03. The minimum atomic E-state index is -0.982. The molecule has 1 aliphatic rings. The Morgan fingerprint density at radius 1 is 1.43 bits per heavy atom. The average molecular weight is 287 g/mol. The molecule has 0 saturated carbocycles. The summed E-state index contributed by atoms with van der Waals surface area (Å²) in [5, 5.41) is 12.1. The highest BCUT2D eigenvalue weighted by Crippen LogP contribution is 2.26. The molecule has 21 heavy (non-hydrogen) atoms. The molecule has 2 N–H and O–H groups in total. The van der Waals surface area contributed by atoms with Gasteiger partial charge in [0.1, 0.15) is 12.0 Å². The Morgan fingerprint density at radius 3 is 2.95 bits per heavy atom. The predicted molar refractivity (Wildman–Crippen MR) is 78.7 cm³/mol. The number of carboxylic acid groups (broad SMARTS) is 1. The number of carboxylic acids is 1. The summed E-state index contributed by atoms with van der Waals surface area (Å²) in [6.07, 6.45) is 5.42. The first-order valence-electron chi connectivity index (χ1n) is 6.98. The smallest absolute Gasteiger partial charge is 0.338 e. The number of hydrogen-bond acceptors (Lipinski definition) is 5. The fraction of sp³-hybridized carbons (Fsp3) is 0.333. The van der Waals surface area contributed by atoms with Gasteiger partial charge in [0, 0.05) is 19.3 Å². The summed E-state index contributed by atoms with van der Waals surface area (Å²) in [7, 11) is 0. The molecule has 6 nitrogen and oxygen atoms in total. The number of aromatic nitrogens is 1. The van der Waals surface area contributed by atoms with Crippen LogP contribution in [0.4, 0.5) is 11.5 Å². The molecule has 0 aliphatic carbocycles. The van der Waals surface area contributed by atoms with Crippen LogP contribution in [0.25, 0.3) is 0 Å². The van der Waals surface area contributed by atoms with Crippen LogP contribution in [-0.2, 0) is 6.54 Å². The summed E-state index contributed by atoms with van der Waals surface area (Å²) < 4.78 is 5.24. The Kier molecular flexibility index (Phi) is 3.77. The maximum absolute atomic E-state index is 10.8. The van der Waals surface area contributed by atoms with Crippen molar-refractivity contribution in [1.29, 1.82) is 0 Å². The van der Waals surface area contributed by atoms with Gasteiger partial charge in [-0.15, -0.1) is 0 Å². The Bertz CT molecular complexity index is 633. The van der Waals surface area contributed by atoms with E-state index in [1.54, 1.807) is 6.20 Å². The molecular formula is C15H17N3O3. The molecule has 3 rings (SSSR count). The van der Waals surface area contributed by atoms with Gasteiger partial charge >= 0.3 is 5.97 Å². The molecule has 1 saturated heterocycles. The zero-order valence-corrected chi connectivity index (χ0v) is 11.6. The second kappa shape index (κ2) is 5.87. The van der Waals surface area contributed by atoms with E-state index in [1.807, 2.05) is 12.1 Å². The van der Waals surface area contributed by atoms with E-state index < -0.39 is 5.97 Å². The molecule has 2 aromatic rings. The van der Waals surface area contributed by atoms with E-state index in [9.17, 15) is 4.79 Å². The maximum Gasteiger partial charge on any atom is 0.338 e. The van der Waals surface area contributed by atoms with Gasteiger partial charge in [-0.1, -0.05) is 0 Å². The first-order chi connectivity index (χ1) is 10.2. The SMILES string of the molecule is O=C(O)c1coc(CNc2cccnc2N2CCCC2)c1. The minimum Gasteiger partial charge on any atom is -0.478 e. The monoisotopic (exact) mass is 287 g/mol. The molecule has 3 heterocycles. The van der Waals surface area contributed by atoms with Crippen LogP contribution < -0.4 is 10.2 Å². The van der Waals surface area contributed by atoms with E-state index >= 15 is 0 Å². The number of carbonyl (C=O) groups is 1. The maximum atomic E-state index is 10.8. The van der Waals surface area contributed by atoms with Crippen LogP contribution in [0.5, 0.6) is 0 Å². The van der Waals surface area contributed by atoms with Gasteiger partial charge in [0.15, 0.2) is 5.82 Å². The number of aromatic carboxylic acids is 1. The van der Waals surface area contributed by atoms with Gasteiger partial charge in [-0.05, 0) is 31.0 Å². The van der Waals surface area contributed by atoms with E-state index in [4.69, 9.17) is 9.52 Å². The van der Waals surface area contributed by atoms with Crippen LogP contribution in [-0.4, -0.2) is 29.1 Å². The molecule has 0 unspecified atom stereocenters. The highest BCUT2D eigenvalue weighted by Gasteiger charge is 2.17. The van der Waals surface area contributed by atoms with Crippen molar-refractivity contribution < 1.29 is 14.3 Å². The largest absolute Gasteiger partial charge is 0.478 e. The van der Waals surface area contributed by atoms with Gasteiger partial charge in [-0.3, -0.25) is 0 Å². The van der Waals surface area contributed by atoms with E-state index in [0.717, 1.165) is 24.6 Å². The lowest BCUT2D eigenvalue weighted by Crippen LogP contribution is -2.20. The highest BCUT2D eigenvalue weighted by molar-refractivity contribution is 5.87. The summed E-state index contributed by atoms with van der Waals surface area (Å²) in [6, 6.07) is 5.38. The fourth-order valence-electron chi connectivity index (χ4n) is 2.48. The number of rotatable bonds is 5. The molecule has 1 aliphatic heterocycles. The minimum absolute atomic E-state index is 0.165. The second-order valence-corrected chi connectivity index (χ2v) is 5.03. The molecule has 1 fully saturated rings. The molecule has 0 spiro atoms. The van der Waals surface area contributed by atoms with Gasteiger partial charge in [-0.2, -0.15) is 0 Å². The van der Waals surface area contributed by atoms with E-state index in [0.29, 0.717) is 12.3 Å². The lowest BCUT2D eigenvalue weighted by Gasteiger charge is -2.20. The van der Waals surface area contributed by atoms with Gasteiger partial charge in [0.05, 0.1) is 17.8 Å². The van der Waals surface area contributed by atoms with Crippen molar-refractivity contribution in [2.75, 3.05) is 23.3 Å². The lowest BCUT2D eigenvalue weighted by molar-refractivity contribution is 0.0696. The van der Waals surface area contributed by atoms with Crippen LogP contribution in [0, 0.1) is 0 Å². The summed E-state index contributed by atoms with van der Waals surface area (Å²) in [5.41, 5.74) is 1.10. The molecule has 2 aromatic heterocycles. The number of anilines is 2. The quantitative estimate of drug-likeness (QED) is 0.880. The molecule has 0 bridgehead atoms. The first kappa shape index (κ1) is 13.5. The van der Waals surface area contributed by atoms with Crippen molar-refractivity contribution in [1.82, 2.24) is 4.98 Å². The normalized spacial score (nSPS) is 14.4. The number of hydrogen-bond donors (Lipinski definition) is 2. The number of nitrogens with zero attached hydrogens (tertiary/aromatic N) is 2. The molecule has 110 valence electrons. The third-order valence-electron chi connectivity index (χ3n) is 3.55. The highest BCUT2D eigenvalue weighted by atomic mass is 16.4. The predicted octanol–water partition coefficient (Wildman–Crippen LogP) is 2.59. The van der Waals surface area contributed by atoms with Crippen molar-refractivity contribution >= 4 is 17.5 Å². The zero-order chi connectivity index (χ0) is 14.7. The Hall–Kier alpha value is -2.50. The van der Waals surface area contributed by atoms with Gasteiger partial charge in [0.25, 0.3) is 0 Å². The van der Waals surface area contributed by atoms with Crippen molar-refractivity contribution in [3.63, 3.8) is 0 Å². The number of pyridine rings is 1. The Balaban J connectivity index is 1.71. The van der Waals surface area contributed by atoms with Crippen LogP contribution in [0.3, 0.4) is 0 Å². The average Bonchev–Trinajstić information content (AvgIpc) is 3.17. The van der Waals surface area contributed by atoms with Crippen LogP contribution >= 0.6 is 0 Å². The third kappa shape index (κ3) is 2.99. The topological polar surface area (TPSA) is 78.6 Å². The Labute approximate surface area is 122 Å². The van der Waals surface area contributed by atoms with Gasteiger partial charge in [-0.25, -0.2) is 9.78 Å². The molecule has 0 amide bonds. The van der Waals surface area contributed by atoms with Crippen molar-refractivity contribution in [3.05, 3.63) is 42.0 Å². The number of furan rings is 1. The van der Waals surface area contributed by atoms with Gasteiger partial charge in [0.2, 0.25) is 0 Å². The molecule has 0 aromatic carbocycles. The van der Waals surface area contributed by atoms with E-state index in [-0.39, 0.29) is 5.56 Å². The van der Waals surface area contributed by atoms with Crippen molar-refractivity contribution in [3.8, 4) is 0 Å². The summed E-state index contributed by atoms with van der Waals surface area (Å²) in [4.78, 5) is 17.5. The van der Waals surface area contributed by atoms with E-state index in [1.165, 1.54) is 25.2 Å². The summed E-state index contributed by atoms with van der Waals surface area (Å²) >= 11 is 0. The zero-order valence-electron chi connectivity index (χ0n) is 11.6. The van der Waals surface area contributed by atoms with E-state index in [2.05, 4.69) is 15.2 Å². The molecule has 6 heteroatoms. The number of nitrogens with one attached hydrogen (secondary N) is 1. The summed E-state index contributed by atoms with van der Waals surface area (Å²) in [5.74, 6) is 0.549. The Morgan fingerprint density at radius 2 is 2.24 bits per heavy atom. The third-order valence-corrected chi connectivity index (χ3v) is 3.55. The molecule has 0 atom stereocenters. The molecule has 0 radical (unpaired) electrons. The van der Waals surface area contributed by atoms with Crippen LogP contribution in [0.1, 0.15) is 29.0 Å². The first-order valence-corrected chi connectivity index (χ1v) is 6.98. The van der Waals surface area contributed by atoms with Crippen LogP contribution in [0.15, 0.2) is 35.1 Å². The van der Waals surface area contributed by atoms with Crippen LogP contribution in [0.2, 0.25) is 0 Å². The van der Waals surface area contributed by atoms with Crippen molar-refractivity contribution in [2.45, 2.75) is 19.4 Å². The molecular weight excluding hydrogens is 270 g/mol. The summed E-state index contributed by atoms with van der Waals surface area (Å²) in [6.45, 7) is 2.48. The standard InChI is InChI=1S/C15H17N3O3/c19-15(20)11-8-12(21-10-11)9-17-13-4-3-5-16-14(13)18-6-1-2-7-18/h3-5,8,10,17H,1-2,6-7,9H2,(H,19,20). The van der Waals surface area contributed by atoms with Gasteiger partial charge < -0.3 is 19.7 Å². The lowest BCUT2D eigenvalue weighted by atomic mass is 10.3.